The first-order valence-electron chi connectivity index (χ1n) is 11.8. The van der Waals surface area contributed by atoms with E-state index in [9.17, 15) is 9.90 Å². The van der Waals surface area contributed by atoms with Crippen LogP contribution < -0.4 is 0 Å². The van der Waals surface area contributed by atoms with Crippen LogP contribution in [0.4, 0.5) is 0 Å². The zero-order chi connectivity index (χ0) is 20.9. The van der Waals surface area contributed by atoms with E-state index in [2.05, 4.69) is 45.6 Å². The molecule has 2 saturated carbocycles. The first kappa shape index (κ1) is 20.8. The first-order valence-corrected chi connectivity index (χ1v) is 11.8. The van der Waals surface area contributed by atoms with E-state index in [1.54, 1.807) is 0 Å². The fourth-order valence-electron chi connectivity index (χ4n) is 7.50. The number of amides is 1. The van der Waals surface area contributed by atoms with Gasteiger partial charge < -0.3 is 10.0 Å². The van der Waals surface area contributed by atoms with Crippen molar-refractivity contribution in [2.45, 2.75) is 97.6 Å². The van der Waals surface area contributed by atoms with E-state index in [0.717, 1.165) is 24.7 Å². The lowest BCUT2D eigenvalue weighted by atomic mass is 9.54. The standard InChI is InChI=1S/C26H39NO2/c1-16(2)27(17(3)4)25(29)15-19-7-11-24-23-9-6-18-14-20(28)8-10-21(18)22(23)12-13-26(19,24)5/h8,10,14,16-17,19,22-24,28H,6-7,9,11-13,15H2,1-5H3/t19-,22-,23-,24+,26-/m1/s1. The average molecular weight is 398 g/mol. The quantitative estimate of drug-likeness (QED) is 0.687. The summed E-state index contributed by atoms with van der Waals surface area (Å²) in [6.07, 6.45) is 8.03. The largest absolute Gasteiger partial charge is 0.508 e. The Labute approximate surface area is 176 Å². The molecule has 3 nitrogen and oxygen atoms in total. The van der Waals surface area contributed by atoms with Gasteiger partial charge in [-0.3, -0.25) is 4.79 Å². The van der Waals surface area contributed by atoms with Gasteiger partial charge in [0.2, 0.25) is 5.91 Å². The van der Waals surface area contributed by atoms with Crippen molar-refractivity contribution in [2.24, 2.45) is 23.2 Å². The maximum absolute atomic E-state index is 13.2. The molecule has 0 aromatic heterocycles. The molecule has 29 heavy (non-hydrogen) atoms. The second kappa shape index (κ2) is 7.63. The van der Waals surface area contributed by atoms with Crippen molar-refractivity contribution in [3.63, 3.8) is 0 Å². The molecule has 0 radical (unpaired) electrons. The number of carbonyl (C=O) groups is 1. The van der Waals surface area contributed by atoms with Crippen LogP contribution >= 0.6 is 0 Å². The first-order chi connectivity index (χ1) is 13.7. The minimum Gasteiger partial charge on any atom is -0.508 e. The summed E-state index contributed by atoms with van der Waals surface area (Å²) in [6, 6.07) is 6.59. The summed E-state index contributed by atoms with van der Waals surface area (Å²) in [6.45, 7) is 11.1. The third kappa shape index (κ3) is 3.49. The second-order valence-electron chi connectivity index (χ2n) is 10.8. The normalized spacial score (nSPS) is 33.3. The lowest BCUT2D eigenvalue weighted by molar-refractivity contribution is -0.137. The maximum atomic E-state index is 13.2. The molecule has 3 aliphatic carbocycles. The SMILES string of the molecule is CC(C)N(C(=O)C[C@H]1CC[C@H]2[C@@H]3CCc4cc(O)ccc4[C@H]3CC[C@]12C)C(C)C. The Balaban J connectivity index is 1.52. The van der Waals surface area contributed by atoms with E-state index in [0.29, 0.717) is 28.9 Å². The van der Waals surface area contributed by atoms with Crippen LogP contribution in [-0.4, -0.2) is 28.0 Å². The minimum atomic E-state index is 0.273. The smallest absolute Gasteiger partial charge is 0.223 e. The summed E-state index contributed by atoms with van der Waals surface area (Å²) in [5.74, 6) is 3.43. The Bertz CT molecular complexity index is 762. The number of benzene rings is 1. The number of rotatable bonds is 4. The molecule has 4 rings (SSSR count). The number of aromatic hydroxyl groups is 1. The lowest BCUT2D eigenvalue weighted by Gasteiger charge is -2.51. The molecular formula is C26H39NO2. The van der Waals surface area contributed by atoms with E-state index in [4.69, 9.17) is 0 Å². The van der Waals surface area contributed by atoms with Crippen LogP contribution in [0.25, 0.3) is 0 Å². The van der Waals surface area contributed by atoms with Gasteiger partial charge in [0.25, 0.3) is 0 Å². The Kier molecular flexibility index (Phi) is 5.46. The predicted octanol–water partition coefficient (Wildman–Crippen LogP) is 5.90. The third-order valence-electron chi connectivity index (χ3n) is 8.73. The molecule has 3 heteroatoms. The highest BCUT2D eigenvalue weighted by Crippen LogP contribution is 2.63. The summed E-state index contributed by atoms with van der Waals surface area (Å²) < 4.78 is 0. The number of hydrogen-bond acceptors (Lipinski definition) is 2. The van der Waals surface area contributed by atoms with Gasteiger partial charge in [-0.1, -0.05) is 13.0 Å². The molecule has 0 spiro atoms. The van der Waals surface area contributed by atoms with Gasteiger partial charge in [-0.25, -0.2) is 0 Å². The van der Waals surface area contributed by atoms with Crippen molar-refractivity contribution in [3.05, 3.63) is 29.3 Å². The fraction of sp³-hybridized carbons (Fsp3) is 0.731. The van der Waals surface area contributed by atoms with Crippen LogP contribution in [0.3, 0.4) is 0 Å². The lowest BCUT2D eigenvalue weighted by Crippen LogP contribution is -2.46. The molecule has 1 N–H and O–H groups in total. The van der Waals surface area contributed by atoms with Crippen LogP contribution in [0.2, 0.25) is 0 Å². The van der Waals surface area contributed by atoms with Crippen LogP contribution in [0, 0.1) is 23.2 Å². The van der Waals surface area contributed by atoms with Gasteiger partial charge in [0, 0.05) is 18.5 Å². The average Bonchev–Trinajstić information content (AvgIpc) is 2.97. The van der Waals surface area contributed by atoms with Crippen molar-refractivity contribution < 1.29 is 9.90 Å². The molecule has 0 aliphatic heterocycles. The molecule has 5 atom stereocenters. The van der Waals surface area contributed by atoms with Gasteiger partial charge in [-0.2, -0.15) is 0 Å². The van der Waals surface area contributed by atoms with Gasteiger partial charge in [0.05, 0.1) is 0 Å². The highest BCUT2D eigenvalue weighted by Gasteiger charge is 2.55. The zero-order valence-corrected chi connectivity index (χ0v) is 18.9. The topological polar surface area (TPSA) is 40.5 Å². The highest BCUT2D eigenvalue weighted by molar-refractivity contribution is 5.77. The summed E-state index contributed by atoms with van der Waals surface area (Å²) >= 11 is 0. The Morgan fingerprint density at radius 2 is 1.86 bits per heavy atom. The minimum absolute atomic E-state index is 0.273. The molecule has 0 bridgehead atoms. The molecule has 0 saturated heterocycles. The van der Waals surface area contributed by atoms with Crippen molar-refractivity contribution in [3.8, 4) is 5.75 Å². The molecule has 1 aromatic carbocycles. The van der Waals surface area contributed by atoms with Crippen LogP contribution in [0.15, 0.2) is 18.2 Å². The summed E-state index contributed by atoms with van der Waals surface area (Å²) in [4.78, 5) is 15.3. The molecule has 0 heterocycles. The number of hydrogen-bond donors (Lipinski definition) is 1. The molecule has 160 valence electrons. The van der Waals surface area contributed by atoms with Gasteiger partial charge in [-0.05, 0) is 119 Å². The Morgan fingerprint density at radius 1 is 1.14 bits per heavy atom. The van der Waals surface area contributed by atoms with Gasteiger partial charge >= 0.3 is 0 Å². The Hall–Kier alpha value is -1.51. The van der Waals surface area contributed by atoms with Crippen molar-refractivity contribution in [1.82, 2.24) is 4.90 Å². The fourth-order valence-corrected chi connectivity index (χ4v) is 7.50. The zero-order valence-electron chi connectivity index (χ0n) is 18.9. The van der Waals surface area contributed by atoms with E-state index in [1.165, 1.54) is 43.2 Å². The van der Waals surface area contributed by atoms with Crippen molar-refractivity contribution in [2.75, 3.05) is 0 Å². The molecular weight excluding hydrogens is 358 g/mol. The van der Waals surface area contributed by atoms with Gasteiger partial charge in [0.1, 0.15) is 5.75 Å². The second-order valence-corrected chi connectivity index (χ2v) is 10.8. The predicted molar refractivity (Wildman–Crippen MR) is 118 cm³/mol. The summed E-state index contributed by atoms with van der Waals surface area (Å²) in [5.41, 5.74) is 3.17. The molecule has 2 fully saturated rings. The van der Waals surface area contributed by atoms with Crippen LogP contribution in [0.5, 0.6) is 5.75 Å². The molecule has 3 aliphatic rings. The van der Waals surface area contributed by atoms with Crippen molar-refractivity contribution >= 4 is 5.91 Å². The summed E-state index contributed by atoms with van der Waals surface area (Å²) in [7, 11) is 0. The number of phenolic OH excluding ortho intramolecular Hbond substituents is 1. The number of fused-ring (bicyclic) bond motifs is 5. The van der Waals surface area contributed by atoms with Crippen LogP contribution in [-0.2, 0) is 11.2 Å². The van der Waals surface area contributed by atoms with Gasteiger partial charge in [-0.15, -0.1) is 0 Å². The van der Waals surface area contributed by atoms with Crippen molar-refractivity contribution in [1.29, 1.82) is 0 Å². The molecule has 0 unspecified atom stereocenters. The monoisotopic (exact) mass is 397 g/mol. The third-order valence-corrected chi connectivity index (χ3v) is 8.73. The van der Waals surface area contributed by atoms with E-state index >= 15 is 0 Å². The number of nitrogens with zero attached hydrogens (tertiary/aromatic N) is 1. The van der Waals surface area contributed by atoms with Gasteiger partial charge in [0.15, 0.2) is 0 Å². The summed E-state index contributed by atoms with van der Waals surface area (Å²) in [5, 5.41) is 9.88. The van der Waals surface area contributed by atoms with Crippen LogP contribution in [0.1, 0.15) is 90.2 Å². The van der Waals surface area contributed by atoms with E-state index < -0.39 is 0 Å². The maximum Gasteiger partial charge on any atom is 0.223 e. The highest BCUT2D eigenvalue weighted by atomic mass is 16.3. The Morgan fingerprint density at radius 3 is 2.55 bits per heavy atom. The molecule has 1 amide bonds. The number of phenols is 1. The van der Waals surface area contributed by atoms with E-state index in [-0.39, 0.29) is 12.1 Å². The molecule has 1 aromatic rings. The number of aryl methyl sites for hydroxylation is 1. The number of carbonyl (C=O) groups excluding carboxylic acids is 1. The van der Waals surface area contributed by atoms with E-state index in [1.807, 2.05) is 12.1 Å².